The van der Waals surface area contributed by atoms with E-state index in [2.05, 4.69) is 42.6 Å². The third kappa shape index (κ3) is 2.22. The first-order valence-electron chi connectivity index (χ1n) is 6.49. The van der Waals surface area contributed by atoms with Gasteiger partial charge in [-0.15, -0.1) is 0 Å². The molecule has 3 rings (SSSR count). The van der Waals surface area contributed by atoms with Crippen LogP contribution >= 0.6 is 0 Å². The zero-order chi connectivity index (χ0) is 11.7. The maximum absolute atomic E-state index is 5.54. The van der Waals surface area contributed by atoms with Crippen LogP contribution in [-0.4, -0.2) is 12.6 Å². The van der Waals surface area contributed by atoms with Crippen LogP contribution in [0.1, 0.15) is 36.9 Å². The number of benzene rings is 1. The smallest absolute Gasteiger partial charge is 0.122 e. The van der Waals surface area contributed by atoms with Gasteiger partial charge in [0.25, 0.3) is 0 Å². The molecule has 2 aliphatic rings. The molecule has 1 aromatic rings. The van der Waals surface area contributed by atoms with E-state index >= 15 is 0 Å². The molecule has 1 aliphatic heterocycles. The van der Waals surface area contributed by atoms with E-state index in [4.69, 9.17) is 4.74 Å². The van der Waals surface area contributed by atoms with Gasteiger partial charge in [0.05, 0.1) is 6.61 Å². The molecule has 1 aliphatic carbocycles. The van der Waals surface area contributed by atoms with Crippen LogP contribution in [0.2, 0.25) is 0 Å². The monoisotopic (exact) mass is 229 g/mol. The molecule has 0 fully saturated rings. The van der Waals surface area contributed by atoms with Gasteiger partial charge in [0, 0.05) is 18.5 Å². The molecule has 0 radical (unpaired) electrons. The second kappa shape index (κ2) is 4.53. The summed E-state index contributed by atoms with van der Waals surface area (Å²) < 4.78 is 5.54. The summed E-state index contributed by atoms with van der Waals surface area (Å²) in [7, 11) is 0. The van der Waals surface area contributed by atoms with Gasteiger partial charge in [-0.05, 0) is 37.0 Å². The Bertz CT molecular complexity index is 431. The van der Waals surface area contributed by atoms with Crippen molar-refractivity contribution in [2.45, 2.75) is 38.3 Å². The second-order valence-corrected chi connectivity index (χ2v) is 4.99. The zero-order valence-electron chi connectivity index (χ0n) is 10.3. The van der Waals surface area contributed by atoms with Gasteiger partial charge in [-0.3, -0.25) is 0 Å². The molecular weight excluding hydrogens is 210 g/mol. The highest BCUT2D eigenvalue weighted by molar-refractivity contribution is 5.40. The molecule has 1 heterocycles. The first-order chi connectivity index (χ1) is 8.33. The van der Waals surface area contributed by atoms with Crippen molar-refractivity contribution in [3.8, 4) is 5.75 Å². The molecule has 0 spiro atoms. The summed E-state index contributed by atoms with van der Waals surface area (Å²) in [5, 5.41) is 3.68. The van der Waals surface area contributed by atoms with Crippen LogP contribution in [0.3, 0.4) is 0 Å². The molecule has 2 heteroatoms. The fourth-order valence-electron chi connectivity index (χ4n) is 2.68. The summed E-state index contributed by atoms with van der Waals surface area (Å²) in [4.78, 5) is 0. The van der Waals surface area contributed by atoms with E-state index in [0.29, 0.717) is 12.1 Å². The standard InChI is InChI=1S/C15H19NO/c1-11(16-14-4-2-3-5-14)12-6-7-15-13(10-12)8-9-17-15/h2-3,6-7,10-11,14,16H,4-5,8-9H2,1H3. The van der Waals surface area contributed by atoms with Crippen molar-refractivity contribution in [1.82, 2.24) is 5.32 Å². The lowest BCUT2D eigenvalue weighted by Crippen LogP contribution is -2.29. The third-order valence-electron chi connectivity index (χ3n) is 3.71. The predicted octanol–water partition coefficient (Wildman–Crippen LogP) is 2.99. The zero-order valence-corrected chi connectivity index (χ0v) is 10.3. The molecule has 1 atom stereocenters. The molecule has 0 aromatic heterocycles. The first kappa shape index (κ1) is 10.8. The molecule has 17 heavy (non-hydrogen) atoms. The summed E-state index contributed by atoms with van der Waals surface area (Å²) >= 11 is 0. The Balaban J connectivity index is 1.70. The van der Waals surface area contributed by atoms with Gasteiger partial charge in [0.15, 0.2) is 0 Å². The second-order valence-electron chi connectivity index (χ2n) is 4.99. The molecule has 0 amide bonds. The fraction of sp³-hybridized carbons (Fsp3) is 0.467. The summed E-state index contributed by atoms with van der Waals surface area (Å²) in [6.07, 6.45) is 7.92. The minimum absolute atomic E-state index is 0.422. The van der Waals surface area contributed by atoms with E-state index in [0.717, 1.165) is 18.8 Å². The van der Waals surface area contributed by atoms with Gasteiger partial charge < -0.3 is 10.1 Å². The van der Waals surface area contributed by atoms with E-state index in [-0.39, 0.29) is 0 Å². The van der Waals surface area contributed by atoms with Gasteiger partial charge in [-0.2, -0.15) is 0 Å². The molecule has 1 N–H and O–H groups in total. The van der Waals surface area contributed by atoms with Crippen molar-refractivity contribution >= 4 is 0 Å². The Hall–Kier alpha value is -1.28. The molecule has 1 aromatic carbocycles. The topological polar surface area (TPSA) is 21.3 Å². The van der Waals surface area contributed by atoms with E-state index in [1.54, 1.807) is 0 Å². The maximum atomic E-state index is 5.54. The number of hydrogen-bond acceptors (Lipinski definition) is 2. The third-order valence-corrected chi connectivity index (χ3v) is 3.71. The Morgan fingerprint density at radius 1 is 1.29 bits per heavy atom. The SMILES string of the molecule is CC(NC1CC=CC1)c1ccc2c(c1)CCO2. The number of hydrogen-bond donors (Lipinski definition) is 1. The minimum atomic E-state index is 0.422. The minimum Gasteiger partial charge on any atom is -0.493 e. The van der Waals surface area contributed by atoms with Crippen molar-refractivity contribution in [1.29, 1.82) is 0 Å². The van der Waals surface area contributed by atoms with Gasteiger partial charge in [0.1, 0.15) is 5.75 Å². The highest BCUT2D eigenvalue weighted by Crippen LogP contribution is 2.28. The largest absolute Gasteiger partial charge is 0.493 e. The van der Waals surface area contributed by atoms with E-state index in [1.807, 2.05) is 0 Å². The normalized spacial score (nSPS) is 20.3. The van der Waals surface area contributed by atoms with Gasteiger partial charge in [0.2, 0.25) is 0 Å². The molecule has 0 saturated carbocycles. The maximum Gasteiger partial charge on any atom is 0.122 e. The van der Waals surface area contributed by atoms with Crippen molar-refractivity contribution in [2.75, 3.05) is 6.61 Å². The first-order valence-corrected chi connectivity index (χ1v) is 6.49. The summed E-state index contributed by atoms with van der Waals surface area (Å²) in [6.45, 7) is 3.09. The van der Waals surface area contributed by atoms with Gasteiger partial charge >= 0.3 is 0 Å². The lowest BCUT2D eigenvalue weighted by atomic mass is 10.0. The Labute approximate surface area is 103 Å². The van der Waals surface area contributed by atoms with Crippen molar-refractivity contribution in [3.05, 3.63) is 41.5 Å². The molecular formula is C15H19NO. The van der Waals surface area contributed by atoms with Crippen LogP contribution in [0.4, 0.5) is 0 Å². The summed E-state index contributed by atoms with van der Waals surface area (Å²) in [5.74, 6) is 1.07. The van der Waals surface area contributed by atoms with Crippen LogP contribution in [0, 0.1) is 0 Å². The number of ether oxygens (including phenoxy) is 1. The van der Waals surface area contributed by atoms with Crippen molar-refractivity contribution in [3.63, 3.8) is 0 Å². The van der Waals surface area contributed by atoms with E-state index in [9.17, 15) is 0 Å². The van der Waals surface area contributed by atoms with Crippen LogP contribution in [0.25, 0.3) is 0 Å². The quantitative estimate of drug-likeness (QED) is 0.804. The molecule has 0 saturated heterocycles. The van der Waals surface area contributed by atoms with Crippen molar-refractivity contribution < 1.29 is 4.74 Å². The van der Waals surface area contributed by atoms with Crippen LogP contribution < -0.4 is 10.1 Å². The van der Waals surface area contributed by atoms with Crippen molar-refractivity contribution in [2.24, 2.45) is 0 Å². The summed E-state index contributed by atoms with van der Waals surface area (Å²) in [5.41, 5.74) is 2.74. The molecule has 0 bridgehead atoms. The lowest BCUT2D eigenvalue weighted by Gasteiger charge is -2.20. The van der Waals surface area contributed by atoms with Crippen LogP contribution in [0.15, 0.2) is 30.4 Å². The highest BCUT2D eigenvalue weighted by Gasteiger charge is 2.17. The Morgan fingerprint density at radius 3 is 2.94 bits per heavy atom. The Kier molecular flexibility index (Phi) is 2.89. The molecule has 1 unspecified atom stereocenters. The van der Waals surface area contributed by atoms with Crippen LogP contribution in [0.5, 0.6) is 5.75 Å². The molecule has 90 valence electrons. The lowest BCUT2D eigenvalue weighted by molar-refractivity contribution is 0.356. The van der Waals surface area contributed by atoms with E-state index in [1.165, 1.54) is 24.0 Å². The predicted molar refractivity (Wildman–Crippen MR) is 69.4 cm³/mol. The van der Waals surface area contributed by atoms with Gasteiger partial charge in [-0.25, -0.2) is 0 Å². The number of fused-ring (bicyclic) bond motifs is 1. The summed E-state index contributed by atoms with van der Waals surface area (Å²) in [6, 6.07) is 7.63. The average molecular weight is 229 g/mol. The van der Waals surface area contributed by atoms with Gasteiger partial charge in [-0.1, -0.05) is 24.3 Å². The molecule has 2 nitrogen and oxygen atoms in total. The average Bonchev–Trinajstić information content (AvgIpc) is 2.97. The van der Waals surface area contributed by atoms with Crippen LogP contribution in [-0.2, 0) is 6.42 Å². The number of rotatable bonds is 3. The Morgan fingerprint density at radius 2 is 2.12 bits per heavy atom. The number of nitrogens with one attached hydrogen (secondary N) is 1. The fourth-order valence-corrected chi connectivity index (χ4v) is 2.68. The highest BCUT2D eigenvalue weighted by atomic mass is 16.5. The van der Waals surface area contributed by atoms with E-state index < -0.39 is 0 Å².